The zero-order valence-corrected chi connectivity index (χ0v) is 8.37. The molecule has 0 saturated carbocycles. The lowest BCUT2D eigenvalue weighted by Gasteiger charge is -1.96. The molecule has 0 radical (unpaired) electrons. The van der Waals surface area contributed by atoms with Crippen molar-refractivity contribution < 1.29 is 4.92 Å². The Hall–Kier alpha value is -1.04. The van der Waals surface area contributed by atoms with Crippen molar-refractivity contribution >= 4 is 17.6 Å². The second-order valence-corrected chi connectivity index (χ2v) is 3.76. The maximum Gasteiger partial charge on any atom is 0.342 e. The summed E-state index contributed by atoms with van der Waals surface area (Å²) in [6.07, 6.45) is 1.30. The average Bonchev–Trinajstić information content (AvgIpc) is 2.43. The van der Waals surface area contributed by atoms with Gasteiger partial charge in [-0.2, -0.15) is 11.8 Å². The third kappa shape index (κ3) is 2.21. The molecule has 0 amide bonds. The van der Waals surface area contributed by atoms with E-state index in [1.807, 2.05) is 6.92 Å². The van der Waals surface area contributed by atoms with Crippen molar-refractivity contribution in [3.05, 3.63) is 22.1 Å². The summed E-state index contributed by atoms with van der Waals surface area (Å²) in [7, 11) is 1.66. The number of hydrogen-bond acceptors (Lipinski definition) is 4. The fourth-order valence-corrected chi connectivity index (χ4v) is 1.59. The van der Waals surface area contributed by atoms with Gasteiger partial charge in [-0.05, 0) is 10.7 Å². The molecule has 72 valence electrons. The van der Waals surface area contributed by atoms with Crippen molar-refractivity contribution in [2.75, 3.05) is 5.75 Å². The maximum absolute atomic E-state index is 10.4. The Kier molecular flexibility index (Phi) is 3.30. The second kappa shape index (κ2) is 4.27. The monoisotopic (exact) mass is 201 g/mol. The fraction of sp³-hybridized carbons (Fsp3) is 0.571. The molecule has 13 heavy (non-hydrogen) atoms. The van der Waals surface area contributed by atoms with Gasteiger partial charge < -0.3 is 10.1 Å². The molecule has 0 saturated heterocycles. The lowest BCUT2D eigenvalue weighted by Crippen LogP contribution is -2.00. The Morgan fingerprint density at radius 2 is 2.46 bits per heavy atom. The molecule has 0 unspecified atom stereocenters. The summed E-state index contributed by atoms with van der Waals surface area (Å²) in [5.74, 6) is 2.51. The van der Waals surface area contributed by atoms with E-state index in [1.165, 1.54) is 10.8 Å². The van der Waals surface area contributed by atoms with Crippen LogP contribution in [0.5, 0.6) is 0 Å². The fourth-order valence-electron chi connectivity index (χ4n) is 0.935. The summed E-state index contributed by atoms with van der Waals surface area (Å²) in [4.78, 5) is 14.0. The molecule has 0 N–H and O–H groups in total. The predicted molar refractivity (Wildman–Crippen MR) is 51.7 cm³/mol. The van der Waals surface area contributed by atoms with Crippen molar-refractivity contribution in [3.8, 4) is 0 Å². The summed E-state index contributed by atoms with van der Waals surface area (Å²) < 4.78 is 1.52. The van der Waals surface area contributed by atoms with Gasteiger partial charge in [-0.25, -0.2) is 9.55 Å². The molecule has 0 atom stereocenters. The third-order valence-electron chi connectivity index (χ3n) is 1.68. The van der Waals surface area contributed by atoms with Crippen molar-refractivity contribution in [1.29, 1.82) is 0 Å². The Bertz CT molecular complexity index is 311. The highest BCUT2D eigenvalue weighted by Gasteiger charge is 2.15. The molecule has 0 aliphatic heterocycles. The van der Waals surface area contributed by atoms with Crippen molar-refractivity contribution in [1.82, 2.24) is 9.55 Å². The molecule has 0 spiro atoms. The van der Waals surface area contributed by atoms with Crippen LogP contribution in [0.1, 0.15) is 12.7 Å². The van der Waals surface area contributed by atoms with E-state index < -0.39 is 4.92 Å². The molecule has 0 fully saturated rings. The van der Waals surface area contributed by atoms with Gasteiger partial charge in [0.05, 0.1) is 12.8 Å². The molecule has 0 aliphatic rings. The van der Waals surface area contributed by atoms with E-state index >= 15 is 0 Å². The van der Waals surface area contributed by atoms with Crippen LogP contribution < -0.4 is 0 Å². The van der Waals surface area contributed by atoms with Crippen LogP contribution in [-0.4, -0.2) is 20.2 Å². The predicted octanol–water partition coefficient (Wildman–Crippen LogP) is 1.58. The first kappa shape index (κ1) is 10.0. The van der Waals surface area contributed by atoms with E-state index in [4.69, 9.17) is 0 Å². The SMILES string of the molecule is CCSCc1ncc([N+](=O)[O-])n1C. The highest BCUT2D eigenvalue weighted by atomic mass is 32.2. The highest BCUT2D eigenvalue weighted by molar-refractivity contribution is 7.98. The molecular weight excluding hydrogens is 190 g/mol. The van der Waals surface area contributed by atoms with Gasteiger partial charge in [0, 0.05) is 0 Å². The van der Waals surface area contributed by atoms with E-state index in [0.717, 1.165) is 17.3 Å². The first-order valence-electron chi connectivity index (χ1n) is 3.89. The highest BCUT2D eigenvalue weighted by Crippen LogP contribution is 2.16. The van der Waals surface area contributed by atoms with Crippen molar-refractivity contribution in [2.45, 2.75) is 12.7 Å². The van der Waals surface area contributed by atoms with Gasteiger partial charge in [-0.3, -0.25) is 0 Å². The lowest BCUT2D eigenvalue weighted by atomic mass is 10.7. The van der Waals surface area contributed by atoms with Crippen LogP contribution in [0.2, 0.25) is 0 Å². The molecule has 1 aromatic rings. The van der Waals surface area contributed by atoms with E-state index in [-0.39, 0.29) is 5.82 Å². The summed E-state index contributed by atoms with van der Waals surface area (Å²) in [5, 5.41) is 10.4. The third-order valence-corrected chi connectivity index (χ3v) is 2.55. The van der Waals surface area contributed by atoms with Gasteiger partial charge in [-0.1, -0.05) is 6.92 Å². The number of hydrogen-bond donors (Lipinski definition) is 0. The Morgan fingerprint density at radius 1 is 1.77 bits per heavy atom. The van der Waals surface area contributed by atoms with E-state index in [0.29, 0.717) is 0 Å². The van der Waals surface area contributed by atoms with Crippen LogP contribution in [0.25, 0.3) is 0 Å². The molecule has 0 aliphatic carbocycles. The largest absolute Gasteiger partial charge is 0.358 e. The van der Waals surface area contributed by atoms with Crippen LogP contribution in [0.15, 0.2) is 6.20 Å². The number of thioether (sulfide) groups is 1. The van der Waals surface area contributed by atoms with Crippen LogP contribution in [-0.2, 0) is 12.8 Å². The van der Waals surface area contributed by atoms with Gasteiger partial charge in [0.2, 0.25) is 5.82 Å². The minimum atomic E-state index is -0.423. The average molecular weight is 201 g/mol. The van der Waals surface area contributed by atoms with E-state index in [9.17, 15) is 10.1 Å². The number of rotatable bonds is 4. The quantitative estimate of drug-likeness (QED) is 0.548. The molecule has 0 bridgehead atoms. The molecule has 5 nitrogen and oxygen atoms in total. The molecule has 6 heteroatoms. The minimum absolute atomic E-state index is 0.0479. The van der Waals surface area contributed by atoms with Crippen LogP contribution >= 0.6 is 11.8 Å². The number of nitro groups is 1. The van der Waals surface area contributed by atoms with Crippen molar-refractivity contribution in [2.24, 2.45) is 7.05 Å². The first-order chi connectivity index (χ1) is 6.16. The zero-order chi connectivity index (χ0) is 9.84. The topological polar surface area (TPSA) is 61.0 Å². The number of aromatic nitrogens is 2. The molecule has 1 rings (SSSR count). The molecule has 1 aromatic heterocycles. The zero-order valence-electron chi connectivity index (χ0n) is 7.56. The standard InChI is InChI=1S/C7H11N3O2S/c1-3-13-5-6-8-4-7(9(6)2)10(11)12/h4H,3,5H2,1-2H3. The van der Waals surface area contributed by atoms with Crippen LogP contribution in [0.4, 0.5) is 5.82 Å². The van der Waals surface area contributed by atoms with Gasteiger partial charge in [0.1, 0.15) is 6.20 Å². The Balaban J connectivity index is 2.80. The molecule has 0 aromatic carbocycles. The first-order valence-corrected chi connectivity index (χ1v) is 5.05. The summed E-state index contributed by atoms with van der Waals surface area (Å²) in [6.45, 7) is 2.04. The summed E-state index contributed by atoms with van der Waals surface area (Å²) in [6, 6.07) is 0. The number of nitrogens with zero attached hydrogens (tertiary/aromatic N) is 3. The Labute approximate surface area is 80.3 Å². The van der Waals surface area contributed by atoms with Gasteiger partial charge in [0.25, 0.3) is 0 Å². The van der Waals surface area contributed by atoms with E-state index in [1.54, 1.807) is 18.8 Å². The lowest BCUT2D eigenvalue weighted by molar-refractivity contribution is -0.391. The maximum atomic E-state index is 10.4. The van der Waals surface area contributed by atoms with Crippen molar-refractivity contribution in [3.63, 3.8) is 0 Å². The smallest absolute Gasteiger partial charge is 0.342 e. The number of imidazole rings is 1. The molecule has 1 heterocycles. The molecular formula is C7H11N3O2S. The summed E-state index contributed by atoms with van der Waals surface area (Å²) >= 11 is 1.69. The normalized spacial score (nSPS) is 10.3. The summed E-state index contributed by atoms with van der Waals surface area (Å²) in [5.41, 5.74) is 0. The van der Waals surface area contributed by atoms with Crippen LogP contribution in [0, 0.1) is 10.1 Å². The minimum Gasteiger partial charge on any atom is -0.358 e. The van der Waals surface area contributed by atoms with Crippen LogP contribution in [0.3, 0.4) is 0 Å². The van der Waals surface area contributed by atoms with Gasteiger partial charge >= 0.3 is 5.82 Å². The van der Waals surface area contributed by atoms with E-state index in [2.05, 4.69) is 4.98 Å². The van der Waals surface area contributed by atoms with Gasteiger partial charge in [-0.15, -0.1) is 0 Å². The Morgan fingerprint density at radius 3 is 2.92 bits per heavy atom. The second-order valence-electron chi connectivity index (χ2n) is 2.49. The van der Waals surface area contributed by atoms with Gasteiger partial charge in [0.15, 0.2) is 0 Å².